The van der Waals surface area contributed by atoms with Crippen LogP contribution in [0.4, 0.5) is 24.5 Å². The van der Waals surface area contributed by atoms with Crippen LogP contribution in [-0.2, 0) is 0 Å². The summed E-state index contributed by atoms with van der Waals surface area (Å²) in [7, 11) is 0. The molecule has 0 fully saturated rings. The number of nitrogens with zero attached hydrogens (tertiary/aromatic N) is 1. The second-order valence-electron chi connectivity index (χ2n) is 6.74. The van der Waals surface area contributed by atoms with Crippen LogP contribution in [0.1, 0.15) is 15.2 Å². The number of nitrogens with one attached hydrogen (secondary N) is 1. The lowest BCUT2D eigenvalue weighted by atomic mass is 10.1. The summed E-state index contributed by atoms with van der Waals surface area (Å²) in [5, 5.41) is 3.32. The van der Waals surface area contributed by atoms with Gasteiger partial charge in [-0.2, -0.15) is 0 Å². The monoisotopic (exact) mass is 443 g/mol. The van der Waals surface area contributed by atoms with Crippen molar-refractivity contribution in [3.63, 3.8) is 0 Å². The summed E-state index contributed by atoms with van der Waals surface area (Å²) in [5.74, 6) is -0.844. The van der Waals surface area contributed by atoms with Crippen LogP contribution >= 0.6 is 11.3 Å². The molecule has 31 heavy (non-hydrogen) atoms. The maximum Gasteiger partial charge on any atom is 0.573 e. The average molecular weight is 443 g/mol. The minimum absolute atomic E-state index is 0.280. The molecule has 0 saturated carbocycles. The molecule has 0 aliphatic rings. The van der Waals surface area contributed by atoms with E-state index in [4.69, 9.17) is 10.7 Å². The molecule has 0 aliphatic heterocycles. The number of anilines is 2. The number of aryl methyl sites for hydroxylation is 1. The fourth-order valence-corrected chi connectivity index (χ4v) is 4.10. The number of ether oxygens (including phenoxy) is 1. The molecule has 0 aliphatic carbocycles. The maximum atomic E-state index is 12.7. The van der Waals surface area contributed by atoms with Gasteiger partial charge in [0, 0.05) is 16.6 Å². The molecule has 3 N–H and O–H groups in total. The standard InChI is InChI=1S/C22H16F3N3O2S/c1-12-11-16-17(26)19(31-21(16)28-18(12)13-5-3-2-4-6-13)20(29)27-14-7-9-15(10-8-14)30-22(23,24)25/h2-11H,26H2,1H3,(H,27,29). The Morgan fingerprint density at radius 3 is 2.42 bits per heavy atom. The highest BCUT2D eigenvalue weighted by Gasteiger charge is 2.31. The van der Waals surface area contributed by atoms with Gasteiger partial charge in [-0.25, -0.2) is 4.98 Å². The van der Waals surface area contributed by atoms with Gasteiger partial charge in [0.2, 0.25) is 0 Å². The molecular weight excluding hydrogens is 427 g/mol. The van der Waals surface area contributed by atoms with E-state index in [1.54, 1.807) is 0 Å². The first-order chi connectivity index (χ1) is 14.7. The summed E-state index contributed by atoms with van der Waals surface area (Å²) >= 11 is 1.16. The molecule has 0 spiro atoms. The van der Waals surface area contributed by atoms with E-state index < -0.39 is 12.3 Å². The van der Waals surface area contributed by atoms with Crippen molar-refractivity contribution >= 4 is 38.8 Å². The van der Waals surface area contributed by atoms with Gasteiger partial charge >= 0.3 is 6.36 Å². The number of alkyl halides is 3. The Morgan fingerprint density at radius 2 is 1.77 bits per heavy atom. The molecular formula is C22H16F3N3O2S. The number of pyridine rings is 1. The number of hydrogen-bond donors (Lipinski definition) is 2. The molecule has 1 amide bonds. The highest BCUT2D eigenvalue weighted by atomic mass is 32.1. The van der Waals surface area contributed by atoms with Crippen LogP contribution in [0.25, 0.3) is 21.5 Å². The minimum atomic E-state index is -4.78. The number of aromatic nitrogens is 1. The Kier molecular flexibility index (Phi) is 5.28. The molecule has 2 heterocycles. The van der Waals surface area contributed by atoms with Crippen molar-refractivity contribution in [1.82, 2.24) is 4.98 Å². The van der Waals surface area contributed by atoms with Crippen molar-refractivity contribution in [2.24, 2.45) is 0 Å². The van der Waals surface area contributed by atoms with E-state index >= 15 is 0 Å². The Hall–Kier alpha value is -3.59. The molecule has 0 unspecified atom stereocenters. The second kappa shape index (κ2) is 7.92. The number of halogens is 3. The SMILES string of the molecule is Cc1cc2c(N)c(C(=O)Nc3ccc(OC(F)(F)F)cc3)sc2nc1-c1ccccc1. The van der Waals surface area contributed by atoms with Gasteiger partial charge in [-0.1, -0.05) is 30.3 Å². The lowest BCUT2D eigenvalue weighted by Gasteiger charge is -2.09. The van der Waals surface area contributed by atoms with E-state index in [1.807, 2.05) is 43.3 Å². The van der Waals surface area contributed by atoms with Crippen molar-refractivity contribution in [1.29, 1.82) is 0 Å². The van der Waals surface area contributed by atoms with Gasteiger partial charge in [0.05, 0.1) is 11.4 Å². The van der Waals surface area contributed by atoms with Gasteiger partial charge in [0.25, 0.3) is 5.91 Å². The molecule has 0 saturated heterocycles. The van der Waals surface area contributed by atoms with Gasteiger partial charge < -0.3 is 15.8 Å². The Bertz CT molecular complexity index is 1250. The predicted octanol–water partition coefficient (Wildman–Crippen LogP) is 6.00. The lowest BCUT2D eigenvalue weighted by Crippen LogP contribution is -2.17. The maximum absolute atomic E-state index is 12.7. The van der Waals surface area contributed by atoms with E-state index in [0.29, 0.717) is 21.6 Å². The summed E-state index contributed by atoms with van der Waals surface area (Å²) in [6, 6.07) is 16.5. The van der Waals surface area contributed by atoms with E-state index in [1.165, 1.54) is 12.1 Å². The molecule has 0 radical (unpaired) electrons. The third-order valence-corrected chi connectivity index (χ3v) is 5.62. The smallest absolute Gasteiger partial charge is 0.406 e. The largest absolute Gasteiger partial charge is 0.573 e. The number of carbonyl (C=O) groups is 1. The van der Waals surface area contributed by atoms with Crippen LogP contribution in [0.2, 0.25) is 0 Å². The predicted molar refractivity (Wildman–Crippen MR) is 115 cm³/mol. The third-order valence-electron chi connectivity index (χ3n) is 4.51. The fraction of sp³-hybridized carbons (Fsp3) is 0.0909. The quantitative estimate of drug-likeness (QED) is 0.405. The van der Waals surface area contributed by atoms with Crippen molar-refractivity contribution in [3.8, 4) is 17.0 Å². The Labute approximate surface area is 179 Å². The third kappa shape index (κ3) is 4.46. The normalized spacial score (nSPS) is 11.5. The lowest BCUT2D eigenvalue weighted by molar-refractivity contribution is -0.274. The average Bonchev–Trinajstić information content (AvgIpc) is 3.04. The summed E-state index contributed by atoms with van der Waals surface area (Å²) in [6.07, 6.45) is -4.78. The molecule has 5 nitrogen and oxygen atoms in total. The summed E-state index contributed by atoms with van der Waals surface area (Å²) in [6.45, 7) is 1.93. The van der Waals surface area contributed by atoms with Crippen LogP contribution in [-0.4, -0.2) is 17.3 Å². The first-order valence-corrected chi connectivity index (χ1v) is 9.95. The van der Waals surface area contributed by atoms with Crippen LogP contribution < -0.4 is 15.8 Å². The molecule has 4 rings (SSSR count). The van der Waals surface area contributed by atoms with Gasteiger partial charge in [-0.15, -0.1) is 24.5 Å². The van der Waals surface area contributed by atoms with Gasteiger partial charge in [0.15, 0.2) is 0 Å². The zero-order chi connectivity index (χ0) is 22.2. The molecule has 4 aromatic rings. The molecule has 9 heteroatoms. The van der Waals surface area contributed by atoms with Crippen LogP contribution in [0.3, 0.4) is 0 Å². The number of rotatable bonds is 4. The van der Waals surface area contributed by atoms with Crippen molar-refractivity contribution in [3.05, 3.63) is 71.1 Å². The number of benzene rings is 2. The zero-order valence-electron chi connectivity index (χ0n) is 16.2. The van der Waals surface area contributed by atoms with E-state index in [0.717, 1.165) is 40.3 Å². The fourth-order valence-electron chi connectivity index (χ4n) is 3.13. The van der Waals surface area contributed by atoms with Crippen LogP contribution in [0.15, 0.2) is 60.7 Å². The number of nitrogen functional groups attached to an aromatic ring is 1. The van der Waals surface area contributed by atoms with Crippen LogP contribution in [0, 0.1) is 6.92 Å². The minimum Gasteiger partial charge on any atom is -0.406 e. The zero-order valence-corrected chi connectivity index (χ0v) is 17.0. The topological polar surface area (TPSA) is 77.2 Å². The van der Waals surface area contributed by atoms with Crippen molar-refractivity contribution in [2.45, 2.75) is 13.3 Å². The second-order valence-corrected chi connectivity index (χ2v) is 7.74. The van der Waals surface area contributed by atoms with Crippen LogP contribution in [0.5, 0.6) is 5.75 Å². The molecule has 0 atom stereocenters. The number of amides is 1. The summed E-state index contributed by atoms with van der Waals surface area (Å²) in [4.78, 5) is 18.3. The van der Waals surface area contributed by atoms with Gasteiger partial charge in [-0.3, -0.25) is 4.79 Å². The summed E-state index contributed by atoms with van der Waals surface area (Å²) < 4.78 is 40.6. The highest BCUT2D eigenvalue weighted by Crippen LogP contribution is 2.36. The number of fused-ring (bicyclic) bond motifs is 1. The van der Waals surface area contributed by atoms with E-state index in [2.05, 4.69) is 10.1 Å². The Balaban J connectivity index is 1.60. The Morgan fingerprint density at radius 1 is 1.10 bits per heavy atom. The van der Waals surface area contributed by atoms with Gasteiger partial charge in [0.1, 0.15) is 15.5 Å². The van der Waals surface area contributed by atoms with Gasteiger partial charge in [-0.05, 0) is 42.8 Å². The van der Waals surface area contributed by atoms with Crippen molar-refractivity contribution in [2.75, 3.05) is 11.1 Å². The number of hydrogen-bond acceptors (Lipinski definition) is 5. The molecule has 158 valence electrons. The number of nitrogens with two attached hydrogens (primary N) is 1. The van der Waals surface area contributed by atoms with Crippen molar-refractivity contribution < 1.29 is 22.7 Å². The number of thiophene rings is 1. The first kappa shape index (κ1) is 20.7. The summed E-state index contributed by atoms with van der Waals surface area (Å²) in [5.41, 5.74) is 9.52. The molecule has 2 aromatic heterocycles. The highest BCUT2D eigenvalue weighted by molar-refractivity contribution is 7.21. The van der Waals surface area contributed by atoms with E-state index in [9.17, 15) is 18.0 Å². The molecule has 0 bridgehead atoms. The van der Waals surface area contributed by atoms with E-state index in [-0.39, 0.29) is 10.6 Å². The first-order valence-electron chi connectivity index (χ1n) is 9.13. The number of carbonyl (C=O) groups excluding carboxylic acids is 1. The molecule has 2 aromatic carbocycles.